The number of halogens is 1. The minimum atomic E-state index is -0.498. The third kappa shape index (κ3) is 3.13. The summed E-state index contributed by atoms with van der Waals surface area (Å²) in [5.74, 6) is -0.124. The fourth-order valence-corrected chi connectivity index (χ4v) is 2.16. The van der Waals surface area contributed by atoms with Crippen LogP contribution in [0.5, 0.6) is 0 Å². The zero-order chi connectivity index (χ0) is 13.7. The van der Waals surface area contributed by atoms with Crippen LogP contribution in [0.3, 0.4) is 0 Å². The van der Waals surface area contributed by atoms with Gasteiger partial charge in [-0.1, -0.05) is 16.3 Å². The van der Waals surface area contributed by atoms with E-state index >= 15 is 0 Å². The highest BCUT2D eigenvalue weighted by molar-refractivity contribution is 6.43. The maximum absolute atomic E-state index is 11.7. The van der Waals surface area contributed by atoms with Crippen molar-refractivity contribution >= 4 is 23.3 Å². The second-order valence-electron chi connectivity index (χ2n) is 4.24. The Hall–Kier alpha value is -1.29. The highest BCUT2D eigenvalue weighted by Crippen LogP contribution is 2.31. The quantitative estimate of drug-likeness (QED) is 0.260. The first-order valence-corrected chi connectivity index (χ1v) is 6.20. The zero-order valence-electron chi connectivity index (χ0n) is 11.2. The average molecular weight is 272 g/mol. The molecule has 4 nitrogen and oxygen atoms in total. The molecule has 100 valence electrons. The summed E-state index contributed by atoms with van der Waals surface area (Å²) in [6, 6.07) is 0. The van der Waals surface area contributed by atoms with Gasteiger partial charge in [-0.25, -0.2) is 4.79 Å². The number of esters is 1. The lowest BCUT2D eigenvalue weighted by Crippen LogP contribution is -2.22. The Balaban J connectivity index is 3.18. The number of rotatable bonds is 4. The minimum Gasteiger partial charge on any atom is -0.464 e. The van der Waals surface area contributed by atoms with E-state index < -0.39 is 5.97 Å². The molecule has 0 aliphatic heterocycles. The predicted octanol–water partition coefficient (Wildman–Crippen LogP) is 2.83. The molecular formula is C13H18ClNO3. The first kappa shape index (κ1) is 14.8. The standard InChI is InChI=1S/C13H18ClNO3/c1-8-5-10(7-14)11(6-9(8)2)12(15-18-4)13(16)17-3/h5-7H2,1-4H3/b15-12-. The Kier molecular flexibility index (Phi) is 5.41. The maximum atomic E-state index is 11.7. The molecule has 0 spiro atoms. The molecule has 1 aliphatic rings. The highest BCUT2D eigenvalue weighted by atomic mass is 35.5. The highest BCUT2D eigenvalue weighted by Gasteiger charge is 2.25. The molecule has 18 heavy (non-hydrogen) atoms. The smallest absolute Gasteiger partial charge is 0.360 e. The van der Waals surface area contributed by atoms with Gasteiger partial charge in [0.2, 0.25) is 0 Å². The van der Waals surface area contributed by atoms with E-state index in [1.165, 1.54) is 25.4 Å². The largest absolute Gasteiger partial charge is 0.464 e. The van der Waals surface area contributed by atoms with Crippen LogP contribution in [0.15, 0.2) is 27.4 Å². The summed E-state index contributed by atoms with van der Waals surface area (Å²) in [4.78, 5) is 16.5. The van der Waals surface area contributed by atoms with Crippen LogP contribution in [0.25, 0.3) is 0 Å². The van der Waals surface area contributed by atoms with Gasteiger partial charge >= 0.3 is 5.97 Å². The summed E-state index contributed by atoms with van der Waals surface area (Å²) in [7, 11) is 2.73. The zero-order valence-corrected chi connectivity index (χ0v) is 11.9. The van der Waals surface area contributed by atoms with Gasteiger partial charge in [0.1, 0.15) is 7.11 Å². The summed E-state index contributed by atoms with van der Waals surface area (Å²) < 4.78 is 4.73. The van der Waals surface area contributed by atoms with E-state index in [2.05, 4.69) is 12.1 Å². The Morgan fingerprint density at radius 1 is 1.28 bits per heavy atom. The lowest BCUT2D eigenvalue weighted by atomic mass is 9.86. The molecule has 0 aromatic carbocycles. The molecule has 5 heteroatoms. The van der Waals surface area contributed by atoms with Crippen molar-refractivity contribution in [1.29, 1.82) is 0 Å². The Bertz CT molecular complexity index is 436. The van der Waals surface area contributed by atoms with Crippen LogP contribution in [-0.4, -0.2) is 31.8 Å². The number of alkyl halides is 1. The second-order valence-corrected chi connectivity index (χ2v) is 4.51. The van der Waals surface area contributed by atoms with Crippen LogP contribution >= 0.6 is 11.6 Å². The molecule has 0 atom stereocenters. The third-order valence-electron chi connectivity index (χ3n) is 3.08. The molecule has 0 amide bonds. The second kappa shape index (κ2) is 6.59. The normalized spacial score (nSPS) is 17.1. The Morgan fingerprint density at radius 3 is 2.39 bits per heavy atom. The van der Waals surface area contributed by atoms with Crippen LogP contribution < -0.4 is 0 Å². The van der Waals surface area contributed by atoms with Crippen molar-refractivity contribution in [3.63, 3.8) is 0 Å². The maximum Gasteiger partial charge on any atom is 0.360 e. The number of ether oxygens (including phenoxy) is 1. The number of hydrogen-bond donors (Lipinski definition) is 0. The number of methoxy groups -OCH3 is 1. The molecule has 0 heterocycles. The molecule has 0 unspecified atom stereocenters. The van der Waals surface area contributed by atoms with Gasteiger partial charge in [-0.15, -0.1) is 11.6 Å². The van der Waals surface area contributed by atoms with Crippen LogP contribution in [-0.2, 0) is 14.4 Å². The summed E-state index contributed by atoms with van der Waals surface area (Å²) >= 11 is 5.95. The summed E-state index contributed by atoms with van der Waals surface area (Å²) in [5, 5.41) is 3.78. The van der Waals surface area contributed by atoms with E-state index in [1.54, 1.807) is 0 Å². The summed E-state index contributed by atoms with van der Waals surface area (Å²) in [6.07, 6.45) is 1.43. The summed E-state index contributed by atoms with van der Waals surface area (Å²) in [5.41, 5.74) is 4.55. The van der Waals surface area contributed by atoms with E-state index in [9.17, 15) is 4.79 Å². The van der Waals surface area contributed by atoms with E-state index in [1.807, 2.05) is 6.92 Å². The van der Waals surface area contributed by atoms with Crippen molar-refractivity contribution < 1.29 is 14.4 Å². The van der Waals surface area contributed by atoms with E-state index in [0.29, 0.717) is 12.3 Å². The van der Waals surface area contributed by atoms with Crippen molar-refractivity contribution in [2.24, 2.45) is 5.16 Å². The average Bonchev–Trinajstić information content (AvgIpc) is 2.38. The SMILES string of the molecule is CO/N=C(\C(=O)OC)C1=C(CCl)CC(C)=C(C)C1. The molecule has 0 saturated heterocycles. The van der Waals surface area contributed by atoms with Gasteiger partial charge < -0.3 is 9.57 Å². The van der Waals surface area contributed by atoms with Crippen LogP contribution in [0.2, 0.25) is 0 Å². The van der Waals surface area contributed by atoms with Crippen LogP contribution in [0.1, 0.15) is 26.7 Å². The monoisotopic (exact) mass is 271 g/mol. The van der Waals surface area contributed by atoms with Gasteiger partial charge in [0.25, 0.3) is 0 Å². The molecule has 0 aromatic rings. The molecule has 0 radical (unpaired) electrons. The van der Waals surface area contributed by atoms with Crippen molar-refractivity contribution in [3.05, 3.63) is 22.3 Å². The number of carbonyl (C=O) groups excluding carboxylic acids is 1. The van der Waals surface area contributed by atoms with E-state index in [4.69, 9.17) is 21.2 Å². The molecule has 0 N–H and O–H groups in total. The molecule has 1 aliphatic carbocycles. The topological polar surface area (TPSA) is 47.9 Å². The van der Waals surface area contributed by atoms with Gasteiger partial charge in [-0.05, 0) is 37.8 Å². The summed E-state index contributed by atoms with van der Waals surface area (Å²) in [6.45, 7) is 4.12. The van der Waals surface area contributed by atoms with Crippen LogP contribution in [0, 0.1) is 0 Å². The number of allylic oxidation sites excluding steroid dienone is 3. The molecule has 0 bridgehead atoms. The van der Waals surface area contributed by atoms with Gasteiger partial charge in [-0.3, -0.25) is 0 Å². The molecule has 0 saturated carbocycles. The van der Waals surface area contributed by atoms with Crippen molar-refractivity contribution in [2.45, 2.75) is 26.7 Å². The van der Waals surface area contributed by atoms with Crippen molar-refractivity contribution in [3.8, 4) is 0 Å². The fourth-order valence-electron chi connectivity index (χ4n) is 1.90. The molecule has 1 rings (SSSR count). The minimum absolute atomic E-state index is 0.211. The van der Waals surface area contributed by atoms with E-state index in [-0.39, 0.29) is 5.71 Å². The lowest BCUT2D eigenvalue weighted by molar-refractivity contribution is -0.132. The van der Waals surface area contributed by atoms with Crippen molar-refractivity contribution in [2.75, 3.05) is 20.1 Å². The van der Waals surface area contributed by atoms with Crippen LogP contribution in [0.4, 0.5) is 0 Å². The molecule has 0 aromatic heterocycles. The van der Waals surface area contributed by atoms with Gasteiger partial charge in [0.05, 0.1) is 7.11 Å². The predicted molar refractivity (Wildman–Crippen MR) is 71.8 cm³/mol. The first-order chi connectivity index (χ1) is 8.54. The fraction of sp³-hybridized carbons (Fsp3) is 0.538. The number of oxime groups is 1. The molecule has 0 fully saturated rings. The van der Waals surface area contributed by atoms with Gasteiger partial charge in [-0.2, -0.15) is 0 Å². The van der Waals surface area contributed by atoms with Gasteiger partial charge in [0.15, 0.2) is 5.71 Å². The number of carbonyl (C=O) groups is 1. The first-order valence-electron chi connectivity index (χ1n) is 5.67. The Morgan fingerprint density at radius 2 is 1.89 bits per heavy atom. The van der Waals surface area contributed by atoms with Gasteiger partial charge in [0, 0.05) is 5.88 Å². The number of nitrogens with zero attached hydrogens (tertiary/aromatic N) is 1. The molecular weight excluding hydrogens is 254 g/mol. The lowest BCUT2D eigenvalue weighted by Gasteiger charge is -2.21. The Labute approximate surface area is 112 Å². The third-order valence-corrected chi connectivity index (χ3v) is 3.41. The van der Waals surface area contributed by atoms with E-state index in [0.717, 1.165) is 17.6 Å². The van der Waals surface area contributed by atoms with Crippen molar-refractivity contribution in [1.82, 2.24) is 0 Å². The number of hydrogen-bond acceptors (Lipinski definition) is 4.